The molecular formula is C24H43NO17. The normalized spacial score (nSPS) is 39.9. The lowest BCUT2D eigenvalue weighted by atomic mass is 9.96. The van der Waals surface area contributed by atoms with Crippen molar-refractivity contribution in [2.75, 3.05) is 39.5 Å². The van der Waals surface area contributed by atoms with Gasteiger partial charge in [-0.25, -0.2) is 0 Å². The molecule has 42 heavy (non-hydrogen) atoms. The molecule has 1 unspecified atom stereocenters. The maximum Gasteiger partial charge on any atom is 0.306 e. The third kappa shape index (κ3) is 8.51. The fourth-order valence-electron chi connectivity index (χ4n) is 5.07. The monoisotopic (exact) mass is 617 g/mol. The average molecular weight is 618 g/mol. The van der Waals surface area contributed by atoms with E-state index >= 15 is 0 Å². The van der Waals surface area contributed by atoms with Crippen molar-refractivity contribution in [1.82, 2.24) is 4.90 Å². The Balaban J connectivity index is 1.49. The van der Waals surface area contributed by atoms with Crippen LogP contribution in [0.15, 0.2) is 0 Å². The molecule has 246 valence electrons. The Morgan fingerprint density at radius 3 is 1.79 bits per heavy atom. The first-order valence-corrected chi connectivity index (χ1v) is 13.7. The number of ether oxygens (including phenoxy) is 4. The van der Waals surface area contributed by atoms with Crippen LogP contribution in [-0.2, 0) is 23.7 Å². The Morgan fingerprint density at radius 2 is 1.24 bits per heavy atom. The van der Waals surface area contributed by atoms with Crippen molar-refractivity contribution in [2.45, 2.75) is 98.7 Å². The van der Waals surface area contributed by atoms with E-state index in [0.29, 0.717) is 25.9 Å². The summed E-state index contributed by atoms with van der Waals surface area (Å²) in [4.78, 5) is 12.8. The summed E-state index contributed by atoms with van der Waals surface area (Å²) in [6.45, 7) is -1.46. The Bertz CT molecular complexity index is 831. The predicted molar refractivity (Wildman–Crippen MR) is 133 cm³/mol. The van der Waals surface area contributed by atoms with Crippen molar-refractivity contribution in [2.24, 2.45) is 5.92 Å². The van der Waals surface area contributed by atoms with E-state index in [1.807, 2.05) is 0 Å². The highest BCUT2D eigenvalue weighted by Crippen LogP contribution is 2.26. The van der Waals surface area contributed by atoms with Crippen molar-refractivity contribution in [3.05, 3.63) is 0 Å². The van der Waals surface area contributed by atoms with Gasteiger partial charge in [0, 0.05) is 6.54 Å². The molecule has 0 bridgehead atoms. The molecule has 3 saturated heterocycles. The minimum Gasteiger partial charge on any atom is -0.481 e. The first-order valence-electron chi connectivity index (χ1n) is 13.7. The highest BCUT2D eigenvalue weighted by Gasteiger charge is 2.48. The van der Waals surface area contributed by atoms with Crippen LogP contribution in [0, 0.1) is 5.92 Å². The molecule has 14 atom stereocenters. The lowest BCUT2D eigenvalue weighted by molar-refractivity contribution is -0.333. The summed E-state index contributed by atoms with van der Waals surface area (Å²) in [5.41, 5.74) is 0. The zero-order valence-corrected chi connectivity index (χ0v) is 22.7. The summed E-state index contributed by atoms with van der Waals surface area (Å²) in [6, 6.07) is 0. The van der Waals surface area contributed by atoms with Crippen molar-refractivity contribution in [3.63, 3.8) is 0 Å². The summed E-state index contributed by atoms with van der Waals surface area (Å²) >= 11 is 0. The zero-order chi connectivity index (χ0) is 31.3. The van der Waals surface area contributed by atoms with Gasteiger partial charge < -0.3 is 85.1 Å². The van der Waals surface area contributed by atoms with Gasteiger partial charge in [-0.2, -0.15) is 0 Å². The summed E-state index contributed by atoms with van der Waals surface area (Å²) in [5, 5.41) is 120. The van der Waals surface area contributed by atoms with Gasteiger partial charge in [-0.05, 0) is 25.9 Å². The topological polar surface area (TPSA) is 300 Å². The number of carboxylic acid groups (broad SMARTS) is 1. The summed E-state index contributed by atoms with van der Waals surface area (Å²) < 4.78 is 21.2. The number of rotatable bonds is 13. The van der Waals surface area contributed by atoms with Gasteiger partial charge >= 0.3 is 5.97 Å². The second kappa shape index (κ2) is 15.7. The molecule has 0 aromatic carbocycles. The van der Waals surface area contributed by atoms with E-state index in [4.69, 9.17) is 24.1 Å². The zero-order valence-electron chi connectivity index (χ0n) is 22.7. The molecule has 0 saturated carbocycles. The largest absolute Gasteiger partial charge is 0.481 e. The number of hydrogen-bond donors (Lipinski definition) is 12. The van der Waals surface area contributed by atoms with Crippen LogP contribution in [0.4, 0.5) is 0 Å². The van der Waals surface area contributed by atoms with E-state index in [1.54, 1.807) is 4.90 Å². The lowest BCUT2D eigenvalue weighted by Crippen LogP contribution is -2.62. The lowest BCUT2D eigenvalue weighted by Gasteiger charge is -2.42. The van der Waals surface area contributed by atoms with Gasteiger partial charge in [0.2, 0.25) is 0 Å². The standard InChI is InChI=1S/C24H43NO17/c26-6-12-16(31)18(33)20(35)24(41-12)40-8-13-17(32)19(34)21(36)23(42-13)39-7-11(28)15(30)14(29)10(27)5-25-3-1-9(2-4-25)22(37)38/h9-21,23-24,26-36H,1-8H2,(H,37,38)/t10?,11-,12-,13-,14-,15-,16-,17-,18+,19+,20-,21-,23-,24-/m1/s1. The van der Waals surface area contributed by atoms with Crippen LogP contribution in [0.3, 0.4) is 0 Å². The molecule has 18 heteroatoms. The highest BCUT2D eigenvalue weighted by atomic mass is 16.7. The number of carboxylic acids is 1. The van der Waals surface area contributed by atoms with Crippen molar-refractivity contribution in [3.8, 4) is 0 Å². The maximum atomic E-state index is 11.1. The Hall–Kier alpha value is -1.17. The van der Waals surface area contributed by atoms with Crippen LogP contribution in [0.25, 0.3) is 0 Å². The van der Waals surface area contributed by atoms with E-state index in [2.05, 4.69) is 0 Å². The van der Waals surface area contributed by atoms with Gasteiger partial charge in [-0.1, -0.05) is 0 Å². The summed E-state index contributed by atoms with van der Waals surface area (Å²) in [6.07, 6.45) is -22.8. The summed E-state index contributed by atoms with van der Waals surface area (Å²) in [7, 11) is 0. The third-order valence-corrected chi connectivity index (χ3v) is 7.89. The Morgan fingerprint density at radius 1 is 0.738 bits per heavy atom. The molecule has 0 aromatic heterocycles. The summed E-state index contributed by atoms with van der Waals surface area (Å²) in [5.74, 6) is -1.40. The molecular weight excluding hydrogens is 574 g/mol. The van der Waals surface area contributed by atoms with Gasteiger partial charge in [0.05, 0.1) is 31.8 Å². The van der Waals surface area contributed by atoms with Crippen molar-refractivity contribution < 1.29 is 85.0 Å². The van der Waals surface area contributed by atoms with E-state index in [9.17, 15) is 61.0 Å². The Labute approximate surface area is 240 Å². The molecule has 3 fully saturated rings. The number of nitrogens with zero attached hydrogens (tertiary/aromatic N) is 1. The SMILES string of the molecule is O=C(O)C1CCN(CC(O)[C@@H](O)[C@H](O)[C@H](O)CO[C@@H]2O[C@H](CO[C@@H]3O[C@H](CO)[C@@H](O)[C@H](O)[C@H]3O)[C@@H](O)[C@H](O)[C@H]2O)CC1. The number of hydrogen-bond acceptors (Lipinski definition) is 17. The first-order chi connectivity index (χ1) is 19.8. The molecule has 0 aromatic rings. The number of β-amino-alcohol motifs (C(OH)–C–C–N with tert-alkyl or cyclic N) is 1. The van der Waals surface area contributed by atoms with Gasteiger partial charge in [0.1, 0.15) is 67.1 Å². The molecule has 3 rings (SSSR count). The van der Waals surface area contributed by atoms with Gasteiger partial charge in [0.15, 0.2) is 12.6 Å². The van der Waals surface area contributed by atoms with Crippen LogP contribution in [-0.4, -0.2) is 197 Å². The van der Waals surface area contributed by atoms with Crippen molar-refractivity contribution >= 4 is 5.97 Å². The van der Waals surface area contributed by atoms with E-state index in [1.165, 1.54) is 0 Å². The molecule has 0 spiro atoms. The minimum absolute atomic E-state index is 0.0944. The number of likely N-dealkylation sites (tertiary alicyclic amines) is 1. The van der Waals surface area contributed by atoms with Crippen LogP contribution >= 0.6 is 0 Å². The van der Waals surface area contributed by atoms with Crippen LogP contribution in [0.1, 0.15) is 12.8 Å². The number of aliphatic carboxylic acids is 1. The molecule has 3 aliphatic heterocycles. The van der Waals surface area contributed by atoms with E-state index in [-0.39, 0.29) is 6.54 Å². The number of piperidine rings is 1. The second-order valence-corrected chi connectivity index (χ2v) is 10.9. The second-order valence-electron chi connectivity index (χ2n) is 10.9. The first kappa shape index (κ1) is 35.3. The molecule has 3 aliphatic rings. The van der Waals surface area contributed by atoms with E-state index < -0.39 is 118 Å². The number of carbonyl (C=O) groups is 1. The molecule has 0 radical (unpaired) electrons. The highest BCUT2D eigenvalue weighted by molar-refractivity contribution is 5.70. The smallest absolute Gasteiger partial charge is 0.306 e. The van der Waals surface area contributed by atoms with Crippen LogP contribution in [0.2, 0.25) is 0 Å². The number of aliphatic hydroxyl groups excluding tert-OH is 11. The third-order valence-electron chi connectivity index (χ3n) is 7.89. The molecule has 18 nitrogen and oxygen atoms in total. The number of aliphatic hydroxyl groups is 11. The predicted octanol–water partition coefficient (Wildman–Crippen LogP) is -7.13. The van der Waals surface area contributed by atoms with Crippen LogP contribution in [0.5, 0.6) is 0 Å². The quantitative estimate of drug-likeness (QED) is 0.0913. The fraction of sp³-hybridized carbons (Fsp3) is 0.958. The van der Waals surface area contributed by atoms with Crippen LogP contribution < -0.4 is 0 Å². The van der Waals surface area contributed by atoms with Gasteiger partial charge in [-0.3, -0.25) is 4.79 Å². The minimum atomic E-state index is -1.92. The molecule has 12 N–H and O–H groups in total. The Kier molecular flexibility index (Phi) is 13.2. The van der Waals surface area contributed by atoms with Gasteiger partial charge in [0.25, 0.3) is 0 Å². The van der Waals surface area contributed by atoms with E-state index in [0.717, 1.165) is 0 Å². The molecule has 0 amide bonds. The van der Waals surface area contributed by atoms with Gasteiger partial charge in [-0.15, -0.1) is 0 Å². The molecule has 0 aliphatic carbocycles. The average Bonchev–Trinajstić information content (AvgIpc) is 2.97. The maximum absolute atomic E-state index is 11.1. The fourth-order valence-corrected chi connectivity index (χ4v) is 5.07. The van der Waals surface area contributed by atoms with Crippen molar-refractivity contribution in [1.29, 1.82) is 0 Å². The molecule has 3 heterocycles.